The largest absolute Gasteiger partial charge is 0.496 e. The number of para-hydroxylation sites is 1. The number of pyridine rings is 1. The maximum Gasteiger partial charge on any atom is 0.318 e. The number of methoxy groups -OCH3 is 1. The summed E-state index contributed by atoms with van der Waals surface area (Å²) in [6.45, 7) is 4.31. The highest BCUT2D eigenvalue weighted by atomic mass is 16.5. The van der Waals surface area contributed by atoms with Crippen molar-refractivity contribution in [3.8, 4) is 5.75 Å². The van der Waals surface area contributed by atoms with Crippen LogP contribution in [0.3, 0.4) is 0 Å². The number of hydrogen-bond donors (Lipinski definition) is 2. The average molecular weight is 343 g/mol. The van der Waals surface area contributed by atoms with Gasteiger partial charge >= 0.3 is 6.03 Å². The van der Waals surface area contributed by atoms with E-state index in [2.05, 4.69) is 10.3 Å². The molecule has 25 heavy (non-hydrogen) atoms. The number of amides is 2. The molecule has 1 aromatic heterocycles. The molecule has 2 rings (SSSR count). The molecule has 0 saturated heterocycles. The number of nitrogens with zero attached hydrogens (tertiary/aromatic N) is 2. The highest BCUT2D eigenvalue weighted by Gasteiger charge is 2.18. The highest BCUT2D eigenvalue weighted by molar-refractivity contribution is 5.74. The van der Waals surface area contributed by atoms with E-state index < -0.39 is 0 Å². The van der Waals surface area contributed by atoms with Crippen LogP contribution in [0.2, 0.25) is 0 Å². The zero-order valence-electron chi connectivity index (χ0n) is 14.9. The Morgan fingerprint density at radius 1 is 1.32 bits per heavy atom. The molecule has 0 aliphatic heterocycles. The number of hydrogen-bond acceptors (Lipinski definition) is 4. The number of carbonyl (C=O) groups is 1. The number of rotatable bonds is 7. The van der Waals surface area contributed by atoms with Gasteiger partial charge in [0, 0.05) is 24.0 Å². The van der Waals surface area contributed by atoms with Crippen molar-refractivity contribution in [2.24, 2.45) is 0 Å². The SMILES string of the molecule is COc1ccccc1CN(CCO)C(=O)N[C@H](C)c1ccc(C)nc1. The maximum atomic E-state index is 12.6. The van der Waals surface area contributed by atoms with Gasteiger partial charge in [-0.15, -0.1) is 0 Å². The lowest BCUT2D eigenvalue weighted by atomic mass is 10.1. The van der Waals surface area contributed by atoms with E-state index in [1.54, 1.807) is 18.2 Å². The molecule has 1 heterocycles. The molecular formula is C19H25N3O3. The number of aliphatic hydroxyl groups excluding tert-OH is 1. The van der Waals surface area contributed by atoms with Gasteiger partial charge in [-0.25, -0.2) is 4.79 Å². The fourth-order valence-electron chi connectivity index (χ4n) is 2.51. The Bertz CT molecular complexity index is 689. The van der Waals surface area contributed by atoms with Gasteiger partial charge in [0.25, 0.3) is 0 Å². The summed E-state index contributed by atoms with van der Waals surface area (Å²) in [4.78, 5) is 18.5. The molecule has 0 aliphatic carbocycles. The fourth-order valence-corrected chi connectivity index (χ4v) is 2.51. The van der Waals surface area contributed by atoms with Crippen LogP contribution in [0, 0.1) is 6.92 Å². The third-order valence-corrected chi connectivity index (χ3v) is 3.99. The van der Waals surface area contributed by atoms with Gasteiger partial charge in [-0.2, -0.15) is 0 Å². The van der Waals surface area contributed by atoms with Crippen molar-refractivity contribution in [1.29, 1.82) is 0 Å². The second kappa shape index (κ2) is 9.03. The Balaban J connectivity index is 2.08. The van der Waals surface area contributed by atoms with Crippen molar-refractivity contribution in [3.05, 3.63) is 59.4 Å². The monoisotopic (exact) mass is 343 g/mol. The van der Waals surface area contributed by atoms with Crippen LogP contribution in [0.4, 0.5) is 4.79 Å². The molecule has 134 valence electrons. The van der Waals surface area contributed by atoms with Gasteiger partial charge in [-0.3, -0.25) is 4.98 Å². The van der Waals surface area contributed by atoms with E-state index in [0.717, 1.165) is 16.8 Å². The number of ether oxygens (including phenoxy) is 1. The van der Waals surface area contributed by atoms with Gasteiger partial charge in [0.05, 0.1) is 26.3 Å². The summed E-state index contributed by atoms with van der Waals surface area (Å²) >= 11 is 0. The van der Waals surface area contributed by atoms with Gasteiger partial charge in [0.2, 0.25) is 0 Å². The van der Waals surface area contributed by atoms with Crippen LogP contribution < -0.4 is 10.1 Å². The molecule has 2 aromatic rings. The van der Waals surface area contributed by atoms with Crippen LogP contribution in [-0.2, 0) is 6.54 Å². The third-order valence-electron chi connectivity index (χ3n) is 3.99. The number of aryl methyl sites for hydroxylation is 1. The van der Waals surface area contributed by atoms with E-state index in [1.807, 2.05) is 50.2 Å². The number of aromatic nitrogens is 1. The summed E-state index contributed by atoms with van der Waals surface area (Å²) in [5, 5.41) is 12.3. The quantitative estimate of drug-likeness (QED) is 0.810. The number of urea groups is 1. The minimum atomic E-state index is -0.243. The predicted octanol–water partition coefficient (Wildman–Crippen LogP) is 2.66. The first kappa shape index (κ1) is 18.7. The van der Waals surface area contributed by atoms with Crippen molar-refractivity contribution in [2.75, 3.05) is 20.3 Å². The zero-order valence-corrected chi connectivity index (χ0v) is 14.9. The van der Waals surface area contributed by atoms with Gasteiger partial charge in [0.1, 0.15) is 5.75 Å². The summed E-state index contributed by atoms with van der Waals surface area (Å²) < 4.78 is 5.34. The van der Waals surface area contributed by atoms with Crippen molar-refractivity contribution < 1.29 is 14.6 Å². The molecule has 6 nitrogen and oxygen atoms in total. The zero-order chi connectivity index (χ0) is 18.2. The molecule has 2 N–H and O–H groups in total. The first-order chi connectivity index (χ1) is 12.0. The Kier molecular flexibility index (Phi) is 6.77. The highest BCUT2D eigenvalue weighted by Crippen LogP contribution is 2.20. The molecule has 1 aromatic carbocycles. The van der Waals surface area contributed by atoms with E-state index in [-0.39, 0.29) is 25.2 Å². The summed E-state index contributed by atoms with van der Waals surface area (Å²) in [6, 6.07) is 11.0. The lowest BCUT2D eigenvalue weighted by molar-refractivity contribution is 0.171. The molecule has 1 atom stereocenters. The smallest absolute Gasteiger partial charge is 0.318 e. The average Bonchev–Trinajstić information content (AvgIpc) is 2.62. The molecule has 0 radical (unpaired) electrons. The van der Waals surface area contributed by atoms with Gasteiger partial charge in [-0.1, -0.05) is 24.3 Å². The minimum Gasteiger partial charge on any atom is -0.496 e. The molecule has 0 saturated carbocycles. The summed E-state index contributed by atoms with van der Waals surface area (Å²) in [5.74, 6) is 0.717. The first-order valence-electron chi connectivity index (χ1n) is 8.26. The van der Waals surface area contributed by atoms with E-state index in [0.29, 0.717) is 12.3 Å². The number of benzene rings is 1. The van der Waals surface area contributed by atoms with Gasteiger partial charge < -0.3 is 20.1 Å². The molecule has 0 spiro atoms. The summed E-state index contributed by atoms with van der Waals surface area (Å²) in [7, 11) is 1.60. The fraction of sp³-hybridized carbons (Fsp3) is 0.368. The number of nitrogens with one attached hydrogen (secondary N) is 1. The Morgan fingerprint density at radius 2 is 2.08 bits per heavy atom. The minimum absolute atomic E-state index is 0.108. The van der Waals surface area contributed by atoms with E-state index >= 15 is 0 Å². The van der Waals surface area contributed by atoms with E-state index in [4.69, 9.17) is 4.74 Å². The van der Waals surface area contributed by atoms with Crippen molar-refractivity contribution >= 4 is 6.03 Å². The predicted molar refractivity (Wildman–Crippen MR) is 96.4 cm³/mol. The normalized spacial score (nSPS) is 11.7. The van der Waals surface area contributed by atoms with Crippen molar-refractivity contribution in [3.63, 3.8) is 0 Å². The second-order valence-electron chi connectivity index (χ2n) is 5.86. The lowest BCUT2D eigenvalue weighted by Crippen LogP contribution is -2.42. The summed E-state index contributed by atoms with van der Waals surface area (Å²) in [5.41, 5.74) is 2.75. The Labute approximate surface area is 148 Å². The molecule has 6 heteroatoms. The van der Waals surface area contributed by atoms with E-state index in [1.165, 1.54) is 0 Å². The molecule has 2 amide bonds. The Hall–Kier alpha value is -2.60. The van der Waals surface area contributed by atoms with Gasteiger partial charge in [0.15, 0.2) is 0 Å². The van der Waals surface area contributed by atoms with Crippen LogP contribution in [0.25, 0.3) is 0 Å². The van der Waals surface area contributed by atoms with Crippen LogP contribution >= 0.6 is 0 Å². The van der Waals surface area contributed by atoms with Crippen LogP contribution in [0.5, 0.6) is 5.75 Å². The standard InChI is InChI=1S/C19H25N3O3/c1-14-8-9-16(12-20-14)15(2)21-19(24)22(10-11-23)13-17-6-4-5-7-18(17)25-3/h4-9,12,15,23H,10-11,13H2,1-3H3,(H,21,24)/t15-/m1/s1. The van der Waals surface area contributed by atoms with E-state index in [9.17, 15) is 9.90 Å². The number of carbonyl (C=O) groups excluding carboxylic acids is 1. The van der Waals surface area contributed by atoms with Crippen molar-refractivity contribution in [2.45, 2.75) is 26.4 Å². The Morgan fingerprint density at radius 3 is 2.72 bits per heavy atom. The molecular weight excluding hydrogens is 318 g/mol. The molecule has 0 fully saturated rings. The molecule has 0 unspecified atom stereocenters. The topological polar surface area (TPSA) is 74.7 Å². The summed E-state index contributed by atoms with van der Waals surface area (Å²) in [6.07, 6.45) is 1.76. The van der Waals surface area contributed by atoms with Crippen LogP contribution in [0.1, 0.15) is 29.8 Å². The second-order valence-corrected chi connectivity index (χ2v) is 5.86. The number of aliphatic hydroxyl groups is 1. The van der Waals surface area contributed by atoms with Crippen LogP contribution in [-0.4, -0.2) is 41.3 Å². The van der Waals surface area contributed by atoms with Crippen LogP contribution in [0.15, 0.2) is 42.6 Å². The maximum absolute atomic E-state index is 12.6. The molecule has 0 bridgehead atoms. The first-order valence-corrected chi connectivity index (χ1v) is 8.26. The van der Waals surface area contributed by atoms with Crippen molar-refractivity contribution in [1.82, 2.24) is 15.2 Å². The third kappa shape index (κ3) is 5.19. The lowest BCUT2D eigenvalue weighted by Gasteiger charge is -2.25. The van der Waals surface area contributed by atoms with Gasteiger partial charge in [-0.05, 0) is 31.5 Å². The molecule has 0 aliphatic rings.